The fourth-order valence-corrected chi connectivity index (χ4v) is 2.36. The third-order valence-corrected chi connectivity index (χ3v) is 3.14. The van der Waals surface area contributed by atoms with Crippen molar-refractivity contribution < 1.29 is 5.11 Å². The normalized spacial score (nSPS) is 13.0. The summed E-state index contributed by atoms with van der Waals surface area (Å²) in [4.78, 5) is 8.64. The van der Waals surface area contributed by atoms with Crippen LogP contribution < -0.4 is 10.6 Å². The van der Waals surface area contributed by atoms with Gasteiger partial charge in [0.05, 0.1) is 6.10 Å². The van der Waals surface area contributed by atoms with Crippen LogP contribution in [0.15, 0.2) is 6.33 Å². The Kier molecular flexibility index (Phi) is 6.89. The fourth-order valence-electron chi connectivity index (χ4n) is 2.36. The van der Waals surface area contributed by atoms with Gasteiger partial charge in [0.25, 0.3) is 0 Å². The van der Waals surface area contributed by atoms with Gasteiger partial charge in [-0.25, -0.2) is 9.97 Å². The van der Waals surface area contributed by atoms with E-state index in [0.717, 1.165) is 43.0 Å². The Morgan fingerprint density at radius 2 is 1.76 bits per heavy atom. The Bertz CT molecular complexity index is 429. The zero-order valence-electron chi connectivity index (χ0n) is 14.0. The molecule has 1 heterocycles. The van der Waals surface area contributed by atoms with E-state index < -0.39 is 0 Å². The van der Waals surface area contributed by atoms with Gasteiger partial charge in [0.1, 0.15) is 18.0 Å². The third-order valence-electron chi connectivity index (χ3n) is 3.14. The first kappa shape index (κ1) is 17.7. The van der Waals surface area contributed by atoms with Gasteiger partial charge in [-0.05, 0) is 25.2 Å². The second-order valence-corrected chi connectivity index (χ2v) is 6.63. The Balaban J connectivity index is 2.75. The van der Waals surface area contributed by atoms with Crippen molar-refractivity contribution in [2.75, 3.05) is 23.7 Å². The van der Waals surface area contributed by atoms with E-state index in [1.54, 1.807) is 6.33 Å². The number of anilines is 2. The van der Waals surface area contributed by atoms with Crippen LogP contribution in [0, 0.1) is 5.41 Å². The molecule has 0 bridgehead atoms. The van der Waals surface area contributed by atoms with Gasteiger partial charge in [-0.15, -0.1) is 0 Å². The molecule has 0 fully saturated rings. The molecule has 0 saturated heterocycles. The lowest BCUT2D eigenvalue weighted by atomic mass is 9.89. The van der Waals surface area contributed by atoms with Gasteiger partial charge in [-0.3, -0.25) is 0 Å². The second kappa shape index (κ2) is 8.17. The highest BCUT2D eigenvalue weighted by Crippen LogP contribution is 2.23. The Morgan fingerprint density at radius 3 is 2.29 bits per heavy atom. The van der Waals surface area contributed by atoms with Crippen molar-refractivity contribution in [1.82, 2.24) is 9.97 Å². The van der Waals surface area contributed by atoms with E-state index >= 15 is 0 Å². The predicted molar refractivity (Wildman–Crippen MR) is 88.8 cm³/mol. The highest BCUT2D eigenvalue weighted by atomic mass is 16.3. The van der Waals surface area contributed by atoms with Gasteiger partial charge in [0.2, 0.25) is 0 Å². The molecule has 0 amide bonds. The van der Waals surface area contributed by atoms with Gasteiger partial charge in [0.15, 0.2) is 0 Å². The van der Waals surface area contributed by atoms with Crippen LogP contribution in [0.3, 0.4) is 0 Å². The number of aliphatic hydroxyl groups excluding tert-OH is 1. The van der Waals surface area contributed by atoms with E-state index in [1.807, 2.05) is 0 Å². The van der Waals surface area contributed by atoms with Crippen molar-refractivity contribution >= 4 is 11.6 Å². The summed E-state index contributed by atoms with van der Waals surface area (Å²) in [5, 5.41) is 16.7. The van der Waals surface area contributed by atoms with Crippen molar-refractivity contribution in [2.24, 2.45) is 5.41 Å². The average Bonchev–Trinajstić information content (AvgIpc) is 2.37. The van der Waals surface area contributed by atoms with Crippen LogP contribution in [0.5, 0.6) is 0 Å². The lowest BCUT2D eigenvalue weighted by Gasteiger charge is -2.23. The number of aromatic nitrogens is 2. The predicted octanol–water partition coefficient (Wildman–Crippen LogP) is 3.07. The Morgan fingerprint density at radius 1 is 1.14 bits per heavy atom. The van der Waals surface area contributed by atoms with Crippen LogP contribution in [0.4, 0.5) is 11.6 Å². The fraction of sp³-hybridized carbons (Fsp3) is 0.750. The summed E-state index contributed by atoms with van der Waals surface area (Å²) in [6, 6.07) is 0. The number of aliphatic hydroxyl groups is 1. The zero-order chi connectivity index (χ0) is 15.9. The van der Waals surface area contributed by atoms with E-state index in [4.69, 9.17) is 0 Å². The molecule has 0 aromatic carbocycles. The minimum Gasteiger partial charge on any atom is -0.391 e. The maximum atomic E-state index is 10.1. The molecule has 0 aliphatic heterocycles. The molecule has 1 rings (SSSR count). The number of hydrogen-bond donors (Lipinski definition) is 3. The van der Waals surface area contributed by atoms with Crippen LogP contribution in [0.25, 0.3) is 0 Å². The van der Waals surface area contributed by atoms with E-state index in [0.29, 0.717) is 6.54 Å². The van der Waals surface area contributed by atoms with Crippen molar-refractivity contribution in [3.8, 4) is 0 Å². The van der Waals surface area contributed by atoms with Gasteiger partial charge in [0, 0.05) is 18.7 Å². The Hall–Kier alpha value is -1.36. The molecule has 0 aliphatic rings. The standard InChI is InChI=1S/C16H30N4O/c1-6-8-13-14(17-7-2)19-11-20-15(13)18-10-12(21)9-16(3,4)5/h11-12,21H,6-10H2,1-5H3,(H2,17,18,19,20). The highest BCUT2D eigenvalue weighted by molar-refractivity contribution is 5.57. The minimum absolute atomic E-state index is 0.119. The third kappa shape index (κ3) is 6.29. The molecule has 0 aliphatic carbocycles. The zero-order valence-corrected chi connectivity index (χ0v) is 14.0. The number of nitrogens with one attached hydrogen (secondary N) is 2. The maximum Gasteiger partial charge on any atom is 0.134 e. The molecule has 3 N–H and O–H groups in total. The van der Waals surface area contributed by atoms with Gasteiger partial charge in [-0.1, -0.05) is 34.1 Å². The maximum absolute atomic E-state index is 10.1. The second-order valence-electron chi connectivity index (χ2n) is 6.63. The lowest BCUT2D eigenvalue weighted by molar-refractivity contribution is 0.132. The first-order chi connectivity index (χ1) is 9.87. The highest BCUT2D eigenvalue weighted by Gasteiger charge is 2.17. The topological polar surface area (TPSA) is 70.1 Å². The van der Waals surface area contributed by atoms with Gasteiger partial charge < -0.3 is 15.7 Å². The summed E-state index contributed by atoms with van der Waals surface area (Å²) in [5.41, 5.74) is 1.22. The van der Waals surface area contributed by atoms with Crippen LogP contribution in [0.2, 0.25) is 0 Å². The molecular weight excluding hydrogens is 264 g/mol. The molecule has 0 spiro atoms. The molecule has 1 atom stereocenters. The van der Waals surface area contributed by atoms with E-state index in [2.05, 4.69) is 55.2 Å². The minimum atomic E-state index is -0.378. The van der Waals surface area contributed by atoms with E-state index in [1.165, 1.54) is 0 Å². The van der Waals surface area contributed by atoms with Crippen LogP contribution in [-0.4, -0.2) is 34.3 Å². The van der Waals surface area contributed by atoms with Crippen LogP contribution >= 0.6 is 0 Å². The molecular formula is C16H30N4O. The van der Waals surface area contributed by atoms with Crippen molar-refractivity contribution in [1.29, 1.82) is 0 Å². The largest absolute Gasteiger partial charge is 0.391 e. The molecule has 5 heteroatoms. The van der Waals surface area contributed by atoms with E-state index in [-0.39, 0.29) is 11.5 Å². The lowest BCUT2D eigenvalue weighted by Crippen LogP contribution is -2.26. The first-order valence-corrected chi connectivity index (χ1v) is 7.87. The summed E-state index contributed by atoms with van der Waals surface area (Å²) < 4.78 is 0. The molecule has 1 unspecified atom stereocenters. The first-order valence-electron chi connectivity index (χ1n) is 7.87. The summed E-state index contributed by atoms with van der Waals surface area (Å²) >= 11 is 0. The number of rotatable bonds is 8. The number of nitrogens with zero attached hydrogens (tertiary/aromatic N) is 2. The van der Waals surface area contributed by atoms with Crippen molar-refractivity contribution in [3.63, 3.8) is 0 Å². The summed E-state index contributed by atoms with van der Waals surface area (Å²) in [7, 11) is 0. The van der Waals surface area contributed by atoms with Crippen molar-refractivity contribution in [3.05, 3.63) is 11.9 Å². The monoisotopic (exact) mass is 294 g/mol. The van der Waals surface area contributed by atoms with Crippen LogP contribution in [0.1, 0.15) is 53.0 Å². The van der Waals surface area contributed by atoms with Gasteiger partial charge >= 0.3 is 0 Å². The van der Waals surface area contributed by atoms with E-state index in [9.17, 15) is 5.11 Å². The average molecular weight is 294 g/mol. The molecule has 120 valence electrons. The summed E-state index contributed by atoms with van der Waals surface area (Å²) in [6.45, 7) is 11.9. The molecule has 0 radical (unpaired) electrons. The molecule has 0 saturated carbocycles. The van der Waals surface area contributed by atoms with Gasteiger partial charge in [-0.2, -0.15) is 0 Å². The summed E-state index contributed by atoms with van der Waals surface area (Å²) in [6.07, 6.45) is 3.90. The van der Waals surface area contributed by atoms with Crippen molar-refractivity contribution in [2.45, 2.75) is 60.0 Å². The SMILES string of the molecule is CCCc1c(NCC)ncnc1NCC(O)CC(C)(C)C. The molecule has 21 heavy (non-hydrogen) atoms. The molecule has 5 nitrogen and oxygen atoms in total. The molecule has 1 aromatic rings. The molecule has 1 aromatic heterocycles. The smallest absolute Gasteiger partial charge is 0.134 e. The Labute approximate surface area is 128 Å². The van der Waals surface area contributed by atoms with Crippen LogP contribution in [-0.2, 0) is 6.42 Å². The quantitative estimate of drug-likeness (QED) is 0.687. The summed E-state index contributed by atoms with van der Waals surface area (Å²) in [5.74, 6) is 1.72. The number of hydrogen-bond acceptors (Lipinski definition) is 5.